The molecule has 1 unspecified atom stereocenters. The number of rotatable bonds is 7. The Morgan fingerprint density at radius 1 is 1.54 bits per heavy atom. The third-order valence-corrected chi connectivity index (χ3v) is 1.29. The summed E-state index contributed by atoms with van der Waals surface area (Å²) < 4.78 is 10.1. The molecule has 0 rings (SSSR count). The van der Waals surface area contributed by atoms with E-state index in [-0.39, 0.29) is 6.79 Å². The van der Waals surface area contributed by atoms with Gasteiger partial charge in [-0.2, -0.15) is 0 Å². The van der Waals surface area contributed by atoms with Crippen molar-refractivity contribution in [2.24, 2.45) is 5.11 Å². The van der Waals surface area contributed by atoms with Gasteiger partial charge in [0.15, 0.2) is 0 Å². The van der Waals surface area contributed by atoms with Gasteiger partial charge in [0.1, 0.15) is 13.5 Å². The summed E-state index contributed by atoms with van der Waals surface area (Å²) in [6.07, 6.45) is 0. The van der Waals surface area contributed by atoms with E-state index >= 15 is 0 Å². The lowest BCUT2D eigenvalue weighted by Crippen LogP contribution is -2.24. The third-order valence-electron chi connectivity index (χ3n) is 1.12. The molecule has 0 saturated carbocycles. The van der Waals surface area contributed by atoms with E-state index in [1.54, 1.807) is 13.8 Å². The maximum absolute atomic E-state index is 8.20. The summed E-state index contributed by atoms with van der Waals surface area (Å²) in [4.78, 5) is 2.71. The highest BCUT2D eigenvalue weighted by molar-refractivity contribution is 7.13. The molecular formula is C6H15N4O2P. The number of azide groups is 1. The minimum Gasteiger partial charge on any atom is -0.355 e. The van der Waals surface area contributed by atoms with Crippen LogP contribution in [0.2, 0.25) is 0 Å². The molecule has 0 heterocycles. The summed E-state index contributed by atoms with van der Waals surface area (Å²) in [6, 6.07) is 0. The Bertz CT molecular complexity index is 181. The zero-order chi connectivity index (χ0) is 10.2. The van der Waals surface area contributed by atoms with Crippen molar-refractivity contribution in [2.75, 3.05) is 20.1 Å². The zero-order valence-electron chi connectivity index (χ0n) is 7.86. The van der Waals surface area contributed by atoms with Crippen molar-refractivity contribution in [3.63, 3.8) is 0 Å². The van der Waals surface area contributed by atoms with Crippen LogP contribution in [0.15, 0.2) is 5.11 Å². The highest BCUT2D eigenvalue weighted by atomic mass is 31.0. The van der Waals surface area contributed by atoms with E-state index < -0.39 is 5.54 Å². The van der Waals surface area contributed by atoms with Crippen LogP contribution < -0.4 is 5.09 Å². The van der Waals surface area contributed by atoms with Crippen LogP contribution in [0.4, 0.5) is 0 Å². The highest BCUT2D eigenvalue weighted by Gasteiger charge is 2.15. The van der Waals surface area contributed by atoms with Crippen LogP contribution in [-0.4, -0.2) is 25.7 Å². The maximum Gasteiger partial charge on any atom is 0.148 e. The average Bonchev–Trinajstić information content (AvgIpc) is 2.04. The number of ether oxygens (including phenoxy) is 2. The average molecular weight is 206 g/mol. The van der Waals surface area contributed by atoms with Gasteiger partial charge in [0, 0.05) is 4.91 Å². The van der Waals surface area contributed by atoms with Crippen LogP contribution in [0.5, 0.6) is 0 Å². The zero-order valence-corrected chi connectivity index (χ0v) is 9.01. The molecule has 6 nitrogen and oxygen atoms in total. The van der Waals surface area contributed by atoms with Crippen molar-refractivity contribution in [1.29, 1.82) is 0 Å². The summed E-state index contributed by atoms with van der Waals surface area (Å²) in [6.45, 7) is 4.52. The SMILES string of the molecule is CC(C)(COCOCNP)N=[N+]=[N-]. The molecule has 0 aliphatic heterocycles. The fourth-order valence-corrected chi connectivity index (χ4v) is 0.719. The van der Waals surface area contributed by atoms with E-state index in [1.807, 2.05) is 0 Å². The van der Waals surface area contributed by atoms with Gasteiger partial charge in [-0.1, -0.05) is 28.4 Å². The smallest absolute Gasteiger partial charge is 0.148 e. The Hall–Kier alpha value is -0.380. The van der Waals surface area contributed by atoms with Crippen molar-refractivity contribution < 1.29 is 9.47 Å². The first-order valence-electron chi connectivity index (χ1n) is 3.77. The molecule has 0 spiro atoms. The van der Waals surface area contributed by atoms with Gasteiger partial charge in [-0.25, -0.2) is 0 Å². The van der Waals surface area contributed by atoms with E-state index in [2.05, 4.69) is 24.5 Å². The van der Waals surface area contributed by atoms with Crippen molar-refractivity contribution in [3.05, 3.63) is 10.4 Å². The molecule has 1 N–H and O–H groups in total. The quantitative estimate of drug-likeness (QED) is 0.171. The second-order valence-electron chi connectivity index (χ2n) is 3.02. The lowest BCUT2D eigenvalue weighted by atomic mass is 10.1. The Kier molecular flexibility index (Phi) is 6.86. The van der Waals surface area contributed by atoms with Crippen LogP contribution in [0.3, 0.4) is 0 Å². The molecule has 0 saturated heterocycles. The van der Waals surface area contributed by atoms with Crippen LogP contribution in [0.25, 0.3) is 10.4 Å². The van der Waals surface area contributed by atoms with Crippen molar-refractivity contribution in [1.82, 2.24) is 5.09 Å². The van der Waals surface area contributed by atoms with Gasteiger partial charge in [-0.05, 0) is 5.53 Å². The lowest BCUT2D eigenvalue weighted by molar-refractivity contribution is -0.0655. The van der Waals surface area contributed by atoms with Gasteiger partial charge in [0.05, 0.1) is 12.1 Å². The van der Waals surface area contributed by atoms with Gasteiger partial charge in [0.2, 0.25) is 0 Å². The molecule has 76 valence electrons. The molecule has 0 bridgehead atoms. The van der Waals surface area contributed by atoms with Gasteiger partial charge in [-0.3, -0.25) is 5.09 Å². The topological polar surface area (TPSA) is 79.2 Å². The summed E-state index contributed by atoms with van der Waals surface area (Å²) in [5, 5.41) is 6.28. The van der Waals surface area contributed by atoms with Crippen LogP contribution >= 0.6 is 9.39 Å². The standard InChI is InChI=1S/C6H15N4O2P/c1-6(2,9-10-7)3-11-5-12-4-8-13/h8H,3-5,13H2,1-2H3. The second-order valence-corrected chi connectivity index (χ2v) is 3.43. The summed E-state index contributed by atoms with van der Waals surface area (Å²) in [7, 11) is 2.31. The molecule has 0 aliphatic carbocycles. The minimum atomic E-state index is -0.521. The summed E-state index contributed by atoms with van der Waals surface area (Å²) in [5.41, 5.74) is 7.68. The monoisotopic (exact) mass is 206 g/mol. The fraction of sp³-hybridized carbons (Fsp3) is 1.00. The first-order valence-corrected chi connectivity index (χ1v) is 4.35. The first-order chi connectivity index (χ1) is 6.12. The molecule has 1 atom stereocenters. The summed E-state index contributed by atoms with van der Waals surface area (Å²) >= 11 is 0. The van der Waals surface area contributed by atoms with Crippen LogP contribution in [0.1, 0.15) is 13.8 Å². The Morgan fingerprint density at radius 3 is 2.77 bits per heavy atom. The van der Waals surface area contributed by atoms with Gasteiger partial charge < -0.3 is 9.47 Å². The van der Waals surface area contributed by atoms with Gasteiger partial charge in [-0.15, -0.1) is 0 Å². The molecule has 13 heavy (non-hydrogen) atoms. The molecule has 0 aromatic heterocycles. The summed E-state index contributed by atoms with van der Waals surface area (Å²) in [5.74, 6) is 0. The number of nitrogens with one attached hydrogen (secondary N) is 1. The molecule has 0 radical (unpaired) electrons. The van der Waals surface area contributed by atoms with E-state index in [0.29, 0.717) is 13.3 Å². The van der Waals surface area contributed by atoms with Gasteiger partial charge in [0.25, 0.3) is 0 Å². The molecule has 7 heteroatoms. The first kappa shape index (κ1) is 12.6. The number of hydrogen-bond acceptors (Lipinski definition) is 4. The van der Waals surface area contributed by atoms with Crippen molar-refractivity contribution in [2.45, 2.75) is 19.4 Å². The number of hydrogen-bond donors (Lipinski definition) is 1. The predicted molar refractivity (Wildman–Crippen MR) is 52.8 cm³/mol. The van der Waals surface area contributed by atoms with E-state index in [9.17, 15) is 0 Å². The number of nitrogens with zero attached hydrogens (tertiary/aromatic N) is 3. The van der Waals surface area contributed by atoms with E-state index in [0.717, 1.165) is 0 Å². The largest absolute Gasteiger partial charge is 0.355 e. The fourth-order valence-electron chi connectivity index (χ4n) is 0.601. The molecular weight excluding hydrogens is 191 g/mol. The van der Waals surface area contributed by atoms with E-state index in [1.165, 1.54) is 0 Å². The molecule has 0 aliphatic rings. The highest BCUT2D eigenvalue weighted by Crippen LogP contribution is 2.08. The Morgan fingerprint density at radius 2 is 2.23 bits per heavy atom. The van der Waals surface area contributed by atoms with Crippen LogP contribution in [0, 0.1) is 0 Å². The normalized spacial score (nSPS) is 11.0. The third kappa shape index (κ3) is 7.96. The lowest BCUT2D eigenvalue weighted by Gasteiger charge is -2.17. The van der Waals surface area contributed by atoms with E-state index in [4.69, 9.17) is 15.0 Å². The molecule has 0 aromatic carbocycles. The predicted octanol–water partition coefficient (Wildman–Crippen LogP) is 1.40. The second kappa shape index (κ2) is 7.06. The molecule has 0 aromatic rings. The molecule has 0 amide bonds. The maximum atomic E-state index is 8.20. The Balaban J connectivity index is 3.46. The van der Waals surface area contributed by atoms with Crippen molar-refractivity contribution >= 4 is 9.39 Å². The van der Waals surface area contributed by atoms with Crippen LogP contribution in [-0.2, 0) is 9.47 Å². The van der Waals surface area contributed by atoms with Crippen molar-refractivity contribution in [3.8, 4) is 0 Å². The molecule has 0 fully saturated rings. The van der Waals surface area contributed by atoms with Gasteiger partial charge >= 0.3 is 0 Å². The minimum absolute atomic E-state index is 0.186. The Labute approximate surface area is 79.9 Å².